The van der Waals surface area contributed by atoms with E-state index in [4.69, 9.17) is 15.2 Å². The zero-order valence-electron chi connectivity index (χ0n) is 22.4. The maximum absolute atomic E-state index is 11.9. The predicted molar refractivity (Wildman–Crippen MR) is 138 cm³/mol. The summed E-state index contributed by atoms with van der Waals surface area (Å²) in [7, 11) is 0. The minimum Gasteiger partial charge on any atom is -0.393 e. The van der Waals surface area contributed by atoms with Gasteiger partial charge in [-0.05, 0) is 38.1 Å². The van der Waals surface area contributed by atoms with Crippen molar-refractivity contribution in [1.82, 2.24) is 10.2 Å². The van der Waals surface area contributed by atoms with E-state index in [0.717, 1.165) is 29.9 Å². The maximum Gasteiger partial charge on any atom is 0.311 e. The number of guanidine groups is 1. The molecule has 14 nitrogen and oxygen atoms in total. The third-order valence-electron chi connectivity index (χ3n) is 8.23. The fourth-order valence-corrected chi connectivity index (χ4v) is 6.08. The van der Waals surface area contributed by atoms with Gasteiger partial charge in [0.2, 0.25) is 5.91 Å². The second kappa shape index (κ2) is 10.5. The summed E-state index contributed by atoms with van der Waals surface area (Å²) in [6.07, 6.45) is -7.77. The third kappa shape index (κ3) is 4.59. The number of anilines is 1. The van der Waals surface area contributed by atoms with Crippen LogP contribution in [0.5, 0.6) is 0 Å². The van der Waals surface area contributed by atoms with Crippen LogP contribution in [0.25, 0.3) is 0 Å². The van der Waals surface area contributed by atoms with Crippen LogP contribution in [0.2, 0.25) is 0 Å². The number of hydrogen-bond acceptors (Lipinski definition) is 13. The van der Waals surface area contributed by atoms with Crippen LogP contribution in [0.4, 0.5) is 5.69 Å². The summed E-state index contributed by atoms with van der Waals surface area (Å²) in [6, 6.07) is 6.03. The summed E-state index contributed by atoms with van der Waals surface area (Å²) in [5.41, 5.74) is 4.90. The van der Waals surface area contributed by atoms with Crippen LogP contribution in [-0.2, 0) is 14.3 Å². The minimum absolute atomic E-state index is 0.0612. The Morgan fingerprint density at radius 2 is 1.72 bits per heavy atom. The van der Waals surface area contributed by atoms with E-state index in [-0.39, 0.29) is 11.9 Å². The molecule has 1 aromatic rings. The molecule has 1 unspecified atom stereocenters. The Bertz CT molecular complexity index is 1100. The number of amides is 1. The number of nitrogens with two attached hydrogens (primary N) is 1. The third-order valence-corrected chi connectivity index (χ3v) is 8.23. The van der Waals surface area contributed by atoms with Gasteiger partial charge in [0.25, 0.3) is 0 Å². The van der Waals surface area contributed by atoms with Crippen LogP contribution in [0, 0.1) is 19.8 Å². The monoisotopic (exact) mass is 553 g/mol. The summed E-state index contributed by atoms with van der Waals surface area (Å²) in [5.74, 6) is -3.88. The first-order valence-electron chi connectivity index (χ1n) is 12.9. The van der Waals surface area contributed by atoms with E-state index in [9.17, 15) is 35.4 Å². The Balaban J connectivity index is 0.000000188. The number of nitrogens with zero attached hydrogens (tertiary/aromatic N) is 2. The number of aryl methyl sites for hydroxylation is 2. The lowest BCUT2D eigenvalue weighted by Crippen LogP contribution is -2.95. The molecule has 218 valence electrons. The van der Waals surface area contributed by atoms with Gasteiger partial charge in [0.15, 0.2) is 18.3 Å². The molecule has 5 aliphatic rings. The molecule has 1 aliphatic carbocycles. The van der Waals surface area contributed by atoms with E-state index in [1.165, 1.54) is 0 Å². The lowest BCUT2D eigenvalue weighted by atomic mass is 9.55. The molecule has 1 aromatic carbocycles. The van der Waals surface area contributed by atoms with Gasteiger partial charge in [-0.25, -0.2) is 4.99 Å². The van der Waals surface area contributed by atoms with Gasteiger partial charge < -0.3 is 56.5 Å². The Labute approximate surface area is 226 Å². The Hall–Kier alpha value is -2.40. The SMILES string of the molecule is CCN(CC)CC(=O)Nc1c(C)cccc1C.NC1=N[C@H](O)[C@H]2[C@H]3O[C@]4(O)O[C@@H](C(O)[C@@]2(N1)[C@@H]4O)[C@]3(O)CO. The number of aliphatic hydroxyl groups is 6. The van der Waals surface area contributed by atoms with Crippen LogP contribution < -0.4 is 16.4 Å². The molecule has 4 aliphatic heterocycles. The second-order valence-electron chi connectivity index (χ2n) is 10.5. The number of benzene rings is 1. The molecule has 1 spiro atoms. The molecule has 14 heteroatoms. The lowest BCUT2D eigenvalue weighted by Gasteiger charge is -2.71. The van der Waals surface area contributed by atoms with Crippen molar-refractivity contribution in [3.63, 3.8) is 0 Å². The standard InChI is InChI=1S/C14H22N2O.C11H17N3O8/c1-5-16(6-2)10-13(17)15-14-11(3)8-7-9-12(14)4;12-8-13-6(17)2-4-9(19,1-15)5-3(16)10(2,14-8)7(18)11(20,21-4)22-5/h7-9H,5-6,10H2,1-4H3,(H,15,17);2-7,15-20H,1H2,(H3,12,13,14)/t;2-,3?,4-,5+,6-,7+,9+,10-,11+/m.1/s1. The number of nitrogens with one attached hydrogen (secondary N) is 2. The Kier molecular flexibility index (Phi) is 7.99. The topological polar surface area (TPSA) is 223 Å². The smallest absolute Gasteiger partial charge is 0.311 e. The van der Waals surface area contributed by atoms with E-state index in [1.54, 1.807) is 0 Å². The maximum atomic E-state index is 11.9. The van der Waals surface area contributed by atoms with Crippen molar-refractivity contribution in [3.05, 3.63) is 29.3 Å². The molecule has 10 N–H and O–H groups in total. The van der Waals surface area contributed by atoms with Crippen LogP contribution in [0.3, 0.4) is 0 Å². The molecule has 9 atom stereocenters. The molecular formula is C25H39N5O9. The number of aliphatic imine (C=N–C) groups is 1. The zero-order valence-corrected chi connectivity index (χ0v) is 22.4. The van der Waals surface area contributed by atoms with Crippen molar-refractivity contribution in [2.45, 2.75) is 75.5 Å². The van der Waals surface area contributed by atoms with Gasteiger partial charge in [0.05, 0.1) is 19.1 Å². The van der Waals surface area contributed by atoms with Crippen LogP contribution in [-0.4, -0.2) is 121 Å². The number of ether oxygens (including phenoxy) is 2. The normalized spacial score (nSPS) is 39.8. The van der Waals surface area contributed by atoms with E-state index >= 15 is 0 Å². The minimum atomic E-state index is -2.52. The van der Waals surface area contributed by atoms with Crippen molar-refractivity contribution >= 4 is 17.6 Å². The van der Waals surface area contributed by atoms with Gasteiger partial charge in [-0.2, -0.15) is 0 Å². The fraction of sp³-hybridized carbons (Fsp3) is 0.680. The van der Waals surface area contributed by atoms with E-state index in [0.29, 0.717) is 6.54 Å². The number of likely N-dealkylation sites (N-methyl/N-ethyl adjacent to an activating group) is 1. The van der Waals surface area contributed by atoms with Gasteiger partial charge in [0.1, 0.15) is 29.5 Å². The highest BCUT2D eigenvalue weighted by atomic mass is 16.9. The first-order chi connectivity index (χ1) is 18.3. The summed E-state index contributed by atoms with van der Waals surface area (Å²) in [6.45, 7) is 9.56. The first-order valence-corrected chi connectivity index (χ1v) is 12.9. The van der Waals surface area contributed by atoms with Crippen molar-refractivity contribution in [2.75, 3.05) is 31.6 Å². The average molecular weight is 554 g/mol. The molecule has 1 saturated carbocycles. The highest BCUT2D eigenvalue weighted by Gasteiger charge is 2.83. The summed E-state index contributed by atoms with van der Waals surface area (Å²) < 4.78 is 10.3. The second-order valence-corrected chi connectivity index (χ2v) is 10.5. The molecule has 0 radical (unpaired) electrons. The average Bonchev–Trinajstić information content (AvgIpc) is 2.88. The molecule has 1 amide bonds. The molecule has 4 heterocycles. The first kappa shape index (κ1) is 29.6. The highest BCUT2D eigenvalue weighted by molar-refractivity contribution is 5.93. The Morgan fingerprint density at radius 1 is 1.13 bits per heavy atom. The van der Waals surface area contributed by atoms with Gasteiger partial charge in [0, 0.05) is 5.69 Å². The van der Waals surface area contributed by atoms with Gasteiger partial charge in [-0.3, -0.25) is 9.69 Å². The van der Waals surface area contributed by atoms with E-state index in [1.807, 2.05) is 32.0 Å². The van der Waals surface area contributed by atoms with Crippen molar-refractivity contribution in [3.8, 4) is 0 Å². The van der Waals surface area contributed by atoms with Crippen molar-refractivity contribution < 1.29 is 44.9 Å². The number of hydrogen-bond donors (Lipinski definition) is 9. The number of rotatable bonds is 6. The summed E-state index contributed by atoms with van der Waals surface area (Å²) >= 11 is 0. The highest BCUT2D eigenvalue weighted by Crippen LogP contribution is 2.58. The molecular weight excluding hydrogens is 514 g/mol. The molecule has 3 saturated heterocycles. The van der Waals surface area contributed by atoms with Crippen molar-refractivity contribution in [1.29, 1.82) is 0 Å². The van der Waals surface area contributed by atoms with Gasteiger partial charge in [-0.1, -0.05) is 32.0 Å². The van der Waals surface area contributed by atoms with E-state index in [2.05, 4.69) is 34.4 Å². The van der Waals surface area contributed by atoms with Gasteiger partial charge >= 0.3 is 5.97 Å². The quantitative estimate of drug-likeness (QED) is 0.173. The molecule has 4 fully saturated rings. The number of carbonyl (C=O) groups is 1. The molecule has 0 aromatic heterocycles. The summed E-state index contributed by atoms with van der Waals surface area (Å²) in [5, 5.41) is 67.3. The van der Waals surface area contributed by atoms with E-state index < -0.39 is 60.3 Å². The summed E-state index contributed by atoms with van der Waals surface area (Å²) in [4.78, 5) is 17.7. The zero-order chi connectivity index (χ0) is 28.9. The molecule has 6 rings (SSSR count). The fourth-order valence-electron chi connectivity index (χ4n) is 6.08. The number of para-hydroxylation sites is 1. The molecule has 39 heavy (non-hydrogen) atoms. The largest absolute Gasteiger partial charge is 0.393 e. The number of aliphatic hydroxyl groups excluding tert-OH is 4. The predicted octanol–water partition coefficient (Wildman–Crippen LogP) is -2.94. The lowest BCUT2D eigenvalue weighted by molar-refractivity contribution is -0.548. The van der Waals surface area contributed by atoms with Crippen LogP contribution in [0.15, 0.2) is 23.2 Å². The van der Waals surface area contributed by atoms with Crippen molar-refractivity contribution in [2.24, 2.45) is 16.6 Å². The van der Waals surface area contributed by atoms with Crippen LogP contribution in [0.1, 0.15) is 25.0 Å². The van der Waals surface area contributed by atoms with Crippen LogP contribution >= 0.6 is 0 Å². The molecule has 4 bridgehead atoms. The number of carbonyl (C=O) groups excluding carboxylic acids is 1. The Morgan fingerprint density at radius 3 is 2.28 bits per heavy atom. The van der Waals surface area contributed by atoms with Gasteiger partial charge in [-0.15, -0.1) is 0 Å².